The molecule has 0 bridgehead atoms. The zero-order chi connectivity index (χ0) is 11.5. The SMILES string of the molecule is c1ccc(-c2nc(=[N+]3CCOCC3)so2)cc1. The first-order chi connectivity index (χ1) is 8.43. The second-order valence-electron chi connectivity index (χ2n) is 3.83. The van der Waals surface area contributed by atoms with E-state index in [2.05, 4.69) is 9.56 Å². The maximum atomic E-state index is 5.55. The van der Waals surface area contributed by atoms with Crippen molar-refractivity contribution in [1.29, 1.82) is 0 Å². The quantitative estimate of drug-likeness (QED) is 0.713. The van der Waals surface area contributed by atoms with E-state index in [0.717, 1.165) is 36.7 Å². The third-order valence-corrected chi connectivity index (χ3v) is 3.43. The summed E-state index contributed by atoms with van der Waals surface area (Å²) in [5, 5.41) is 0. The van der Waals surface area contributed by atoms with Crippen LogP contribution < -0.4 is 9.38 Å². The molecule has 0 radical (unpaired) electrons. The molecular formula is C12H13N2O2S+. The first kappa shape index (κ1) is 10.7. The van der Waals surface area contributed by atoms with Crippen LogP contribution in [0, 0.1) is 0 Å². The van der Waals surface area contributed by atoms with Crippen LogP contribution >= 0.6 is 11.6 Å². The average molecular weight is 249 g/mol. The minimum Gasteiger partial charge on any atom is -0.373 e. The molecule has 1 saturated heterocycles. The number of ether oxygens (including phenoxy) is 1. The molecule has 0 N–H and O–H groups in total. The minimum atomic E-state index is 0.692. The lowest BCUT2D eigenvalue weighted by molar-refractivity contribution is 0.0965. The van der Waals surface area contributed by atoms with E-state index < -0.39 is 0 Å². The molecule has 5 heteroatoms. The predicted molar refractivity (Wildman–Crippen MR) is 65.6 cm³/mol. The first-order valence-electron chi connectivity index (χ1n) is 5.62. The normalized spacial score (nSPS) is 16.1. The summed E-state index contributed by atoms with van der Waals surface area (Å²) in [5.74, 6) is 0.692. The number of rotatable bonds is 1. The summed E-state index contributed by atoms with van der Waals surface area (Å²) >= 11 is 1.34. The van der Waals surface area contributed by atoms with Crippen LogP contribution in [-0.4, -0.2) is 31.3 Å². The monoisotopic (exact) mass is 249 g/mol. The highest BCUT2D eigenvalue weighted by atomic mass is 32.1. The Morgan fingerprint density at radius 1 is 1.12 bits per heavy atom. The summed E-state index contributed by atoms with van der Waals surface area (Å²) in [6.45, 7) is 3.30. The summed E-state index contributed by atoms with van der Waals surface area (Å²) in [5.41, 5.74) is 1.02. The van der Waals surface area contributed by atoms with Crippen LogP contribution in [0.2, 0.25) is 0 Å². The van der Waals surface area contributed by atoms with Crippen molar-refractivity contribution in [1.82, 2.24) is 9.56 Å². The molecule has 1 aromatic heterocycles. The number of benzene rings is 1. The Balaban J connectivity index is 1.98. The Morgan fingerprint density at radius 3 is 2.65 bits per heavy atom. The fourth-order valence-corrected chi connectivity index (χ4v) is 2.47. The van der Waals surface area contributed by atoms with E-state index in [9.17, 15) is 0 Å². The van der Waals surface area contributed by atoms with Gasteiger partial charge in [0.05, 0.1) is 18.8 Å². The maximum Gasteiger partial charge on any atom is 0.415 e. The maximum absolute atomic E-state index is 5.55. The van der Waals surface area contributed by atoms with E-state index in [0.29, 0.717) is 5.89 Å². The molecular weight excluding hydrogens is 236 g/mol. The number of hydrogen-bond donors (Lipinski definition) is 0. The largest absolute Gasteiger partial charge is 0.415 e. The molecule has 0 atom stereocenters. The summed E-state index contributed by atoms with van der Waals surface area (Å²) in [6.07, 6.45) is 0. The minimum absolute atomic E-state index is 0.692. The molecule has 2 heterocycles. The van der Waals surface area contributed by atoms with Gasteiger partial charge in [0.25, 0.3) is 0 Å². The lowest BCUT2D eigenvalue weighted by Crippen LogP contribution is -2.39. The van der Waals surface area contributed by atoms with Gasteiger partial charge in [-0.15, -0.1) is 0 Å². The third kappa shape index (κ3) is 2.30. The van der Waals surface area contributed by atoms with Gasteiger partial charge in [0, 0.05) is 4.98 Å². The van der Waals surface area contributed by atoms with Gasteiger partial charge in [0.2, 0.25) is 0 Å². The van der Waals surface area contributed by atoms with Crippen LogP contribution in [0.1, 0.15) is 0 Å². The van der Waals surface area contributed by atoms with Crippen molar-refractivity contribution in [3.63, 3.8) is 0 Å². The number of hydrogen-bond acceptors (Lipinski definition) is 4. The Labute approximate surface area is 103 Å². The number of aromatic nitrogens is 1. The van der Waals surface area contributed by atoms with E-state index in [4.69, 9.17) is 8.59 Å². The van der Waals surface area contributed by atoms with Crippen LogP contribution in [0.4, 0.5) is 0 Å². The molecule has 4 nitrogen and oxygen atoms in total. The van der Waals surface area contributed by atoms with Crippen molar-refractivity contribution in [3.05, 3.63) is 35.1 Å². The van der Waals surface area contributed by atoms with Gasteiger partial charge < -0.3 is 8.59 Å². The smallest absolute Gasteiger partial charge is 0.373 e. The number of nitrogens with zero attached hydrogens (tertiary/aromatic N) is 2. The van der Waals surface area contributed by atoms with Crippen molar-refractivity contribution in [3.8, 4) is 11.5 Å². The predicted octanol–water partition coefficient (Wildman–Crippen LogP) is 1.21. The van der Waals surface area contributed by atoms with E-state index in [1.807, 2.05) is 30.3 Å². The molecule has 0 aliphatic carbocycles. The van der Waals surface area contributed by atoms with Gasteiger partial charge in [-0.1, -0.05) is 18.2 Å². The van der Waals surface area contributed by atoms with Crippen molar-refractivity contribution >= 4 is 11.6 Å². The molecule has 0 amide bonds. The molecule has 0 saturated carbocycles. The van der Waals surface area contributed by atoms with Crippen LogP contribution in [0.5, 0.6) is 0 Å². The molecule has 1 aliphatic heterocycles. The molecule has 0 spiro atoms. The molecule has 17 heavy (non-hydrogen) atoms. The van der Waals surface area contributed by atoms with E-state index >= 15 is 0 Å². The van der Waals surface area contributed by atoms with Gasteiger partial charge in [-0.2, -0.15) is 0 Å². The molecule has 88 valence electrons. The van der Waals surface area contributed by atoms with Crippen molar-refractivity contribution in [2.24, 2.45) is 0 Å². The first-order valence-corrected chi connectivity index (χ1v) is 6.36. The Morgan fingerprint density at radius 2 is 1.88 bits per heavy atom. The standard InChI is InChI=1S/C12H13N2O2S/c1-2-4-10(5-3-1)11-13-12(17-16-11)14-6-8-15-9-7-14/h1-5H,6-9H2/q+1. The van der Waals surface area contributed by atoms with Crippen LogP contribution in [0.25, 0.3) is 11.5 Å². The van der Waals surface area contributed by atoms with Gasteiger partial charge in [-0.25, -0.2) is 4.58 Å². The second kappa shape index (κ2) is 4.81. The van der Waals surface area contributed by atoms with E-state index in [-0.39, 0.29) is 0 Å². The molecule has 3 rings (SSSR count). The van der Waals surface area contributed by atoms with Gasteiger partial charge in [0.15, 0.2) is 0 Å². The highest BCUT2D eigenvalue weighted by molar-refractivity contribution is 7.00. The fraction of sp³-hybridized carbons (Fsp3) is 0.333. The van der Waals surface area contributed by atoms with Gasteiger partial charge in [0.1, 0.15) is 24.7 Å². The van der Waals surface area contributed by atoms with Gasteiger partial charge >= 0.3 is 10.7 Å². The Hall–Kier alpha value is -1.46. The highest BCUT2D eigenvalue weighted by Gasteiger charge is 2.17. The zero-order valence-electron chi connectivity index (χ0n) is 9.33. The fourth-order valence-electron chi connectivity index (χ4n) is 1.77. The third-order valence-electron chi connectivity index (χ3n) is 2.69. The highest BCUT2D eigenvalue weighted by Crippen LogP contribution is 2.15. The Kier molecular flexibility index (Phi) is 3.02. The topological polar surface area (TPSA) is 38.3 Å². The van der Waals surface area contributed by atoms with Crippen molar-refractivity contribution < 1.29 is 8.59 Å². The number of morpholine rings is 1. The molecule has 0 unspecified atom stereocenters. The van der Waals surface area contributed by atoms with Crippen LogP contribution in [0.15, 0.2) is 34.2 Å². The summed E-state index contributed by atoms with van der Waals surface area (Å²) in [4.78, 5) is 5.46. The van der Waals surface area contributed by atoms with Crippen LogP contribution in [0.3, 0.4) is 0 Å². The zero-order valence-corrected chi connectivity index (χ0v) is 10.2. The average Bonchev–Trinajstić information content (AvgIpc) is 2.90. The molecule has 1 aromatic carbocycles. The van der Waals surface area contributed by atoms with Gasteiger partial charge in [-0.3, -0.25) is 0 Å². The van der Waals surface area contributed by atoms with Crippen LogP contribution in [-0.2, 0) is 4.74 Å². The van der Waals surface area contributed by atoms with Crippen molar-refractivity contribution in [2.45, 2.75) is 0 Å². The molecule has 2 aromatic rings. The Bertz CT molecular complexity index is 551. The van der Waals surface area contributed by atoms with E-state index in [1.165, 1.54) is 11.6 Å². The van der Waals surface area contributed by atoms with Gasteiger partial charge in [-0.05, 0) is 12.1 Å². The lowest BCUT2D eigenvalue weighted by atomic mass is 10.2. The molecule has 1 aliphatic rings. The molecule has 1 fully saturated rings. The summed E-state index contributed by atoms with van der Waals surface area (Å²) < 4.78 is 13.1. The summed E-state index contributed by atoms with van der Waals surface area (Å²) in [6, 6.07) is 9.96. The lowest BCUT2D eigenvalue weighted by Gasteiger charge is -2.11. The summed E-state index contributed by atoms with van der Waals surface area (Å²) in [7, 11) is 0. The van der Waals surface area contributed by atoms with E-state index in [1.54, 1.807) is 0 Å². The second-order valence-corrected chi connectivity index (χ2v) is 4.53. The van der Waals surface area contributed by atoms with Crippen molar-refractivity contribution in [2.75, 3.05) is 26.3 Å².